The van der Waals surface area contributed by atoms with E-state index in [2.05, 4.69) is 10.6 Å². The van der Waals surface area contributed by atoms with E-state index in [1.165, 1.54) is 0 Å². The Kier molecular flexibility index (Phi) is 12.9. The minimum Gasteiger partial charge on any atom is -0.395 e. The van der Waals surface area contributed by atoms with Gasteiger partial charge < -0.3 is 82.3 Å². The third kappa shape index (κ3) is 8.12. The second-order valence-electron chi connectivity index (χ2n) is 11.2. The predicted molar refractivity (Wildman–Crippen MR) is 138 cm³/mol. The monoisotopic (exact) mass is 634 g/mol. The van der Waals surface area contributed by atoms with E-state index in [0.717, 1.165) is 0 Å². The third-order valence-corrected chi connectivity index (χ3v) is 8.17. The zero-order valence-electron chi connectivity index (χ0n) is 23.2. The predicted octanol–water partition coefficient (Wildman–Crippen LogP) is -7.22. The topological polar surface area (TPSA) is 303 Å². The van der Waals surface area contributed by atoms with Crippen molar-refractivity contribution < 1.29 is 73.7 Å². The maximum atomic E-state index is 14.0. The lowest BCUT2D eigenvalue weighted by atomic mass is 9.72. The Morgan fingerprint density at radius 3 is 2.26 bits per heavy atom. The Bertz CT molecular complexity index is 900. The lowest BCUT2D eigenvalue weighted by Crippen LogP contribution is -2.70. The molecular formula is C24H44F2N4O13. The highest BCUT2D eigenvalue weighted by molar-refractivity contribution is 5.82. The van der Waals surface area contributed by atoms with E-state index in [9.17, 15) is 54.4 Å². The number of aliphatic hydroxyl groups excluding tert-OH is 9. The quantitative estimate of drug-likeness (QED) is 0.0887. The summed E-state index contributed by atoms with van der Waals surface area (Å²) in [5.74, 6) is -6.89. The number of rotatable bonds is 12. The average molecular weight is 635 g/mol. The van der Waals surface area contributed by atoms with Crippen LogP contribution in [0.15, 0.2) is 0 Å². The maximum Gasteiger partial charge on any atom is 0.294 e. The summed E-state index contributed by atoms with van der Waals surface area (Å²) in [5.41, 5.74) is 11.3. The number of halogens is 2. The number of ether oxygens (including phenoxy) is 3. The van der Waals surface area contributed by atoms with Crippen molar-refractivity contribution in [1.29, 1.82) is 0 Å². The molecule has 3 aliphatic rings. The van der Waals surface area contributed by atoms with E-state index in [-0.39, 0.29) is 32.5 Å². The molecule has 3 unspecified atom stereocenters. The van der Waals surface area contributed by atoms with Crippen molar-refractivity contribution in [2.45, 2.75) is 104 Å². The van der Waals surface area contributed by atoms with Gasteiger partial charge in [0.05, 0.1) is 50.2 Å². The second kappa shape index (κ2) is 15.3. The first-order valence-corrected chi connectivity index (χ1v) is 14.0. The van der Waals surface area contributed by atoms with Gasteiger partial charge in [0.2, 0.25) is 0 Å². The van der Waals surface area contributed by atoms with Gasteiger partial charge in [-0.15, -0.1) is 0 Å². The van der Waals surface area contributed by atoms with Crippen LogP contribution >= 0.6 is 0 Å². The Balaban J connectivity index is 1.90. The van der Waals surface area contributed by atoms with Gasteiger partial charge in [0, 0.05) is 31.5 Å². The fourth-order valence-electron chi connectivity index (χ4n) is 5.71. The first-order valence-electron chi connectivity index (χ1n) is 14.0. The van der Waals surface area contributed by atoms with Crippen molar-refractivity contribution in [2.75, 3.05) is 32.8 Å². The van der Waals surface area contributed by atoms with Gasteiger partial charge in [-0.2, -0.15) is 0 Å². The van der Waals surface area contributed by atoms with Crippen LogP contribution in [0.3, 0.4) is 0 Å². The summed E-state index contributed by atoms with van der Waals surface area (Å²) in [6.07, 6.45) is -20.4. The molecule has 252 valence electrons. The fourth-order valence-corrected chi connectivity index (χ4v) is 5.71. The number of carbonyl (C=O) groups is 1. The number of alkyl halides is 2. The van der Waals surface area contributed by atoms with Crippen molar-refractivity contribution >= 4 is 5.91 Å². The van der Waals surface area contributed by atoms with Crippen molar-refractivity contribution in [3.05, 3.63) is 0 Å². The van der Waals surface area contributed by atoms with Gasteiger partial charge in [-0.05, 0) is 6.42 Å². The zero-order chi connectivity index (χ0) is 32.2. The first-order chi connectivity index (χ1) is 20.2. The van der Waals surface area contributed by atoms with Gasteiger partial charge in [0.1, 0.15) is 36.6 Å². The number of carbonyl (C=O) groups excluding carboxylic acids is 1. The normalized spacial score (nSPS) is 43.3. The van der Waals surface area contributed by atoms with E-state index >= 15 is 0 Å². The lowest BCUT2D eigenvalue weighted by molar-refractivity contribution is -0.306. The van der Waals surface area contributed by atoms with E-state index in [4.69, 9.17) is 30.8 Å². The summed E-state index contributed by atoms with van der Waals surface area (Å²) in [6.45, 7) is -2.25. The Hall–Kier alpha value is -1.27. The largest absolute Gasteiger partial charge is 0.395 e. The molecule has 3 fully saturated rings. The van der Waals surface area contributed by atoms with Crippen LogP contribution in [0.2, 0.25) is 0 Å². The van der Waals surface area contributed by atoms with Gasteiger partial charge >= 0.3 is 0 Å². The molecule has 19 heteroatoms. The number of amides is 1. The minimum absolute atomic E-state index is 0.0844. The van der Waals surface area contributed by atoms with E-state index in [1.54, 1.807) is 0 Å². The molecule has 0 bridgehead atoms. The van der Waals surface area contributed by atoms with Crippen LogP contribution < -0.4 is 22.1 Å². The Morgan fingerprint density at radius 1 is 0.977 bits per heavy atom. The molecule has 17 nitrogen and oxygen atoms in total. The number of nitrogens with one attached hydrogen (secondary N) is 2. The third-order valence-electron chi connectivity index (χ3n) is 8.17. The molecule has 15 N–H and O–H groups in total. The molecule has 0 spiro atoms. The van der Waals surface area contributed by atoms with Crippen LogP contribution in [0.1, 0.15) is 12.8 Å². The van der Waals surface area contributed by atoms with Gasteiger partial charge in [0.15, 0.2) is 12.4 Å². The standard InChI is InChI=1S/C24H44F2N4O13/c25-24(26,7-27)21(39)22(40)30-9-3-8(28)14(20-18(38)17(37)15(35)12(41-20)5-29-1-2-31)16(36)19(9)43-23-11(34)4-10(33)13(6-32)42-23/h8-21,23,29,31-39H,1-7,27-28H2,(H,30,40)/t8-,9+,10-,11+,12+,13+,14?,15+,16-,17-,18+,19-,20?,21?,23+/m0/s1. The molecular weight excluding hydrogens is 590 g/mol. The number of hydrogen-bond acceptors (Lipinski definition) is 16. The van der Waals surface area contributed by atoms with Crippen molar-refractivity contribution in [2.24, 2.45) is 17.4 Å². The van der Waals surface area contributed by atoms with Gasteiger partial charge in [-0.3, -0.25) is 4.79 Å². The molecule has 1 aliphatic carbocycles. The van der Waals surface area contributed by atoms with Crippen molar-refractivity contribution in [3.8, 4) is 0 Å². The molecule has 1 amide bonds. The highest BCUT2D eigenvalue weighted by Crippen LogP contribution is 2.37. The summed E-state index contributed by atoms with van der Waals surface area (Å²) >= 11 is 0. The fraction of sp³-hybridized carbons (Fsp3) is 0.958. The lowest BCUT2D eigenvalue weighted by Gasteiger charge is -2.51. The summed E-state index contributed by atoms with van der Waals surface area (Å²) in [7, 11) is 0. The molecule has 43 heavy (non-hydrogen) atoms. The van der Waals surface area contributed by atoms with Gasteiger partial charge in [0.25, 0.3) is 11.8 Å². The summed E-state index contributed by atoms with van der Waals surface area (Å²) < 4.78 is 45.0. The Morgan fingerprint density at radius 2 is 1.65 bits per heavy atom. The van der Waals surface area contributed by atoms with Crippen LogP contribution in [0, 0.1) is 5.92 Å². The SMILES string of the molecule is NCC(F)(F)C(O)C(=O)N[C@@H]1C[C@H](N)C(C2O[C@H](CNCCO)[C@@H](O)[C@H](O)[C@H]2O)[C@H](O)[C@H]1O[C@H]1O[C@H](CO)[C@@H](O)C[C@H]1O. The first kappa shape index (κ1) is 36.2. The van der Waals surface area contributed by atoms with Crippen molar-refractivity contribution in [3.63, 3.8) is 0 Å². The van der Waals surface area contributed by atoms with E-state index < -0.39 is 116 Å². The summed E-state index contributed by atoms with van der Waals surface area (Å²) in [6, 6.07) is -2.59. The van der Waals surface area contributed by atoms with E-state index in [0.29, 0.717) is 0 Å². The number of hydrogen-bond donors (Lipinski definition) is 13. The van der Waals surface area contributed by atoms with E-state index in [1.807, 2.05) is 0 Å². The highest BCUT2D eigenvalue weighted by Gasteiger charge is 2.56. The molecule has 0 aromatic carbocycles. The second-order valence-corrected chi connectivity index (χ2v) is 11.2. The summed E-state index contributed by atoms with van der Waals surface area (Å²) in [5, 5.41) is 97.2. The Labute approximate surface area is 245 Å². The highest BCUT2D eigenvalue weighted by atomic mass is 19.3. The zero-order valence-corrected chi connectivity index (χ0v) is 23.2. The molecule has 2 heterocycles. The van der Waals surface area contributed by atoms with Crippen LogP contribution in [0.25, 0.3) is 0 Å². The van der Waals surface area contributed by atoms with Gasteiger partial charge in [-0.25, -0.2) is 8.78 Å². The smallest absolute Gasteiger partial charge is 0.294 e. The van der Waals surface area contributed by atoms with Crippen molar-refractivity contribution in [1.82, 2.24) is 10.6 Å². The van der Waals surface area contributed by atoms with Crippen LogP contribution in [0.5, 0.6) is 0 Å². The molecule has 0 aromatic rings. The summed E-state index contributed by atoms with van der Waals surface area (Å²) in [4.78, 5) is 12.6. The molecule has 1 saturated carbocycles. The molecule has 2 saturated heterocycles. The van der Waals surface area contributed by atoms with Crippen LogP contribution in [-0.4, -0.2) is 176 Å². The molecule has 3 rings (SSSR count). The van der Waals surface area contributed by atoms with Crippen LogP contribution in [0.4, 0.5) is 8.78 Å². The molecule has 0 aromatic heterocycles. The minimum atomic E-state index is -4.01. The number of aliphatic hydroxyl groups is 9. The number of nitrogens with two attached hydrogens (primary N) is 2. The maximum absolute atomic E-state index is 14.0. The van der Waals surface area contributed by atoms with Crippen LogP contribution in [-0.2, 0) is 19.0 Å². The van der Waals surface area contributed by atoms with Gasteiger partial charge in [-0.1, -0.05) is 0 Å². The molecule has 0 radical (unpaired) electrons. The molecule has 2 aliphatic heterocycles. The molecule has 15 atom stereocenters. The average Bonchev–Trinajstić information content (AvgIpc) is 2.96.